The smallest absolute Gasteiger partial charge is 0.167 e. The Balaban J connectivity index is 2.85. The van der Waals surface area contributed by atoms with Crippen LogP contribution in [0.2, 0.25) is 0 Å². The first kappa shape index (κ1) is 2.00. The van der Waals surface area contributed by atoms with Gasteiger partial charge in [0.15, 0.2) is 7.85 Å². The summed E-state index contributed by atoms with van der Waals surface area (Å²) in [7, 11) is 4.47. The Bertz CT molecular complexity index is 44.9. The second kappa shape index (κ2) is 1.10. The zero-order chi connectivity index (χ0) is 4.28. The minimum Gasteiger partial charge on any atom is -0.313 e. The van der Waals surface area contributed by atoms with E-state index in [1.807, 2.05) is 0 Å². The molecule has 0 heterocycles. The van der Waals surface area contributed by atoms with Gasteiger partial charge in [-0.3, -0.25) is 0 Å². The van der Waals surface area contributed by atoms with Gasteiger partial charge in [0.25, 0.3) is 0 Å². The molecule has 1 nitrogen and oxygen atoms in total. The summed E-state index contributed by atoms with van der Waals surface area (Å²) >= 11 is 0. The predicted molar refractivity (Wildman–Crippen MR) is 16.4 cm³/mol. The summed E-state index contributed by atoms with van der Waals surface area (Å²) in [5, 5.41) is 0. The van der Waals surface area contributed by atoms with Crippen LogP contribution in [0.5, 0.6) is 0 Å². The molecule has 0 bridgehead atoms. The number of rotatable bonds is 0. The third kappa shape index (κ3) is 13.3. The van der Waals surface area contributed by atoms with Crippen LogP contribution in [-0.4, -0.2) is 13.5 Å². The maximum absolute atomic E-state index is 9.40. The lowest BCUT2D eigenvalue weighted by Gasteiger charge is -1.56. The van der Waals surface area contributed by atoms with E-state index in [0.717, 1.165) is 0 Å². The quantitative estimate of drug-likeness (QED) is 0.348. The van der Waals surface area contributed by atoms with Gasteiger partial charge >= 0.3 is 0 Å². The normalized spacial score (nSPS) is 9.50. The first-order valence-corrected chi connectivity index (χ1v) is 0.846. The molecule has 0 aromatic carbocycles. The molecule has 0 aliphatic carbocycles. The Morgan fingerprint density at radius 1 is 2.50 bits per heavy atom. The van der Waals surface area contributed by atoms with Crippen molar-refractivity contribution >= 4 is 13.5 Å². The van der Waals surface area contributed by atoms with E-state index in [9.17, 15) is 4.79 Å². The molecule has 0 rings (SSSR count). The van der Waals surface area contributed by atoms with Gasteiger partial charge in [0, 0.05) is 1.37 Å². The van der Waals surface area contributed by atoms with Crippen molar-refractivity contribution < 1.29 is 6.17 Å². The molecule has 0 aliphatic heterocycles. The first-order chi connectivity index (χ1) is 2.27. The molecule has 0 saturated heterocycles. The van der Waals surface area contributed by atoms with Crippen LogP contribution in [0.3, 0.4) is 0 Å². The summed E-state index contributed by atoms with van der Waals surface area (Å²) in [5.74, 6) is 0. The number of carbonyl (C=O) groups is 1. The SMILES string of the molecule is [3H]CC([B])=O. The van der Waals surface area contributed by atoms with Crippen LogP contribution in [0.4, 0.5) is 0 Å². The van der Waals surface area contributed by atoms with Crippen LogP contribution in [0.15, 0.2) is 0 Å². The molecule has 0 atom stereocenters. The van der Waals surface area contributed by atoms with Gasteiger partial charge in [-0.2, -0.15) is 0 Å². The van der Waals surface area contributed by atoms with Crippen molar-refractivity contribution in [2.24, 2.45) is 0 Å². The molecule has 0 unspecified atom stereocenters. The van der Waals surface area contributed by atoms with Crippen LogP contribution in [-0.2, 0) is 4.79 Å². The molecule has 0 aliphatic rings. The molecule has 2 heteroatoms. The molecule has 0 saturated carbocycles. The summed E-state index contributed by atoms with van der Waals surface area (Å²) < 4.78 is 6.18. The Kier molecular flexibility index (Phi) is 0.551. The van der Waals surface area contributed by atoms with Crippen LogP contribution < -0.4 is 0 Å². The van der Waals surface area contributed by atoms with Crippen molar-refractivity contribution in [3.05, 3.63) is 0 Å². The van der Waals surface area contributed by atoms with Crippen LogP contribution in [0.25, 0.3) is 0 Å². The largest absolute Gasteiger partial charge is 0.313 e. The van der Waals surface area contributed by atoms with Crippen LogP contribution in [0.1, 0.15) is 8.27 Å². The molecule has 0 spiro atoms. The Morgan fingerprint density at radius 3 is 2.75 bits per heavy atom. The Hall–Kier alpha value is -0.265. The average Bonchev–Trinajstić information content (AvgIpc) is 1.38. The number of hydrogen-bond acceptors (Lipinski definition) is 1. The van der Waals surface area contributed by atoms with Gasteiger partial charge in [0.2, 0.25) is 0 Å². The van der Waals surface area contributed by atoms with Crippen molar-refractivity contribution in [2.45, 2.75) is 6.90 Å². The lowest BCUT2D eigenvalue weighted by atomic mass is 10.1. The molecular formula is C2H3BO. The third-order valence-corrected chi connectivity index (χ3v) is 0. The molecule has 0 amide bonds. The van der Waals surface area contributed by atoms with Gasteiger partial charge < -0.3 is 4.79 Å². The summed E-state index contributed by atoms with van der Waals surface area (Å²) in [4.78, 5) is 9.40. The zero-order valence-corrected chi connectivity index (χ0v) is 2.19. The summed E-state index contributed by atoms with van der Waals surface area (Å²) in [6.45, 7) is -0.306. The average molecular weight is 55.9 g/mol. The Labute approximate surface area is 27.8 Å². The third-order valence-electron chi connectivity index (χ3n) is 0. The van der Waals surface area contributed by atoms with Gasteiger partial charge in [0.1, 0.15) is 0 Å². The van der Waals surface area contributed by atoms with Crippen molar-refractivity contribution in [3.8, 4) is 0 Å². The zero-order valence-electron chi connectivity index (χ0n) is 3.19. The van der Waals surface area contributed by atoms with Gasteiger partial charge in [-0.1, -0.05) is 0 Å². The molecule has 0 fully saturated rings. The lowest BCUT2D eigenvalue weighted by molar-refractivity contribution is -0.109. The summed E-state index contributed by atoms with van der Waals surface area (Å²) in [5.41, 5.74) is -0.579. The first-order valence-electron chi connectivity index (χ1n) is 1.55. The highest BCUT2D eigenvalue weighted by molar-refractivity contribution is 6.56. The minimum atomic E-state index is -0.579. The molecule has 4 heavy (non-hydrogen) atoms. The summed E-state index contributed by atoms with van der Waals surface area (Å²) in [6.07, 6.45) is 0. The molecule has 0 aromatic heterocycles. The molecule has 2 radical (unpaired) electrons. The second-order valence-electron chi connectivity index (χ2n) is 0.466. The molecule has 0 aromatic rings. The van der Waals surface area contributed by atoms with Gasteiger partial charge in [-0.25, -0.2) is 0 Å². The van der Waals surface area contributed by atoms with E-state index in [1.165, 1.54) is 0 Å². The summed E-state index contributed by atoms with van der Waals surface area (Å²) in [6, 6.07) is 0. The highest BCUT2D eigenvalue weighted by atomic mass is 16.1. The van der Waals surface area contributed by atoms with Crippen molar-refractivity contribution in [1.82, 2.24) is 0 Å². The van der Waals surface area contributed by atoms with Gasteiger partial charge in [0.05, 0.1) is 5.68 Å². The number of carbonyl (C=O) groups excluding carboxylic acids is 1. The fraction of sp³-hybridized carbons (Fsp3) is 0.500. The molecule has 20 valence electrons. The van der Waals surface area contributed by atoms with Crippen molar-refractivity contribution in [3.63, 3.8) is 0 Å². The fourth-order valence-electron chi connectivity index (χ4n) is 0. The second-order valence-corrected chi connectivity index (χ2v) is 0.466. The lowest BCUT2D eigenvalue weighted by Crippen LogP contribution is -1.80. The van der Waals surface area contributed by atoms with Crippen molar-refractivity contribution in [2.75, 3.05) is 0 Å². The standard InChI is InChI=1S/C2H3BO/c1-2(3)4/h1H3/i1T. The Morgan fingerprint density at radius 2 is 2.75 bits per heavy atom. The highest BCUT2D eigenvalue weighted by Crippen LogP contribution is 1.40. The maximum atomic E-state index is 9.40. The van der Waals surface area contributed by atoms with E-state index in [4.69, 9.17) is 1.37 Å². The maximum Gasteiger partial charge on any atom is 0.167 e. The van der Waals surface area contributed by atoms with E-state index in [0.29, 0.717) is 0 Å². The fourth-order valence-corrected chi connectivity index (χ4v) is 0. The number of hydrogen-bond donors (Lipinski definition) is 0. The van der Waals surface area contributed by atoms with Crippen LogP contribution >= 0.6 is 0 Å². The van der Waals surface area contributed by atoms with Crippen LogP contribution in [0, 0.1) is 0 Å². The van der Waals surface area contributed by atoms with E-state index in [1.54, 1.807) is 0 Å². The highest BCUT2D eigenvalue weighted by Gasteiger charge is 1.63. The monoisotopic (exact) mass is 56.0 g/mol. The van der Waals surface area contributed by atoms with E-state index < -0.39 is 5.68 Å². The van der Waals surface area contributed by atoms with Gasteiger partial charge in [-0.15, -0.1) is 0 Å². The van der Waals surface area contributed by atoms with Gasteiger partial charge in [-0.05, 0) is 6.90 Å². The van der Waals surface area contributed by atoms with Crippen molar-refractivity contribution in [1.29, 1.82) is 0 Å². The molecular weight excluding hydrogens is 50.8 g/mol. The minimum absolute atomic E-state index is 0.306. The topological polar surface area (TPSA) is 17.1 Å². The molecule has 0 N–H and O–H groups in total. The van der Waals surface area contributed by atoms with E-state index >= 15 is 0 Å². The van der Waals surface area contributed by atoms with E-state index in [2.05, 4.69) is 7.85 Å². The predicted octanol–water partition coefficient (Wildman–Crippen LogP) is -0.299. The van der Waals surface area contributed by atoms with E-state index in [-0.39, 0.29) is 6.90 Å².